The quantitative estimate of drug-likeness (QED) is 0.755. The van der Waals surface area contributed by atoms with Crippen molar-refractivity contribution in [3.05, 3.63) is 78.1 Å². The Labute approximate surface area is 163 Å². The minimum absolute atomic E-state index is 0.00311. The third-order valence-corrected chi connectivity index (χ3v) is 4.95. The normalized spacial score (nSPS) is 14.1. The zero-order chi connectivity index (χ0) is 19.5. The van der Waals surface area contributed by atoms with Gasteiger partial charge in [-0.15, -0.1) is 0 Å². The van der Waals surface area contributed by atoms with E-state index in [2.05, 4.69) is 10.00 Å². The Bertz CT molecular complexity index is 992. The highest BCUT2D eigenvalue weighted by molar-refractivity contribution is 5.98. The van der Waals surface area contributed by atoms with Crippen molar-refractivity contribution in [3.63, 3.8) is 0 Å². The first-order chi connectivity index (χ1) is 13.6. The average Bonchev–Trinajstić information content (AvgIpc) is 3.28. The van der Waals surface area contributed by atoms with Gasteiger partial charge < -0.3 is 15.5 Å². The molecule has 2 heterocycles. The summed E-state index contributed by atoms with van der Waals surface area (Å²) in [7, 11) is 0. The second kappa shape index (κ2) is 7.56. The lowest BCUT2D eigenvalue weighted by molar-refractivity contribution is 0.0746. The maximum Gasteiger partial charge on any atom is 0.256 e. The van der Waals surface area contributed by atoms with Crippen molar-refractivity contribution in [2.45, 2.75) is 0 Å². The number of hydrogen-bond acceptors (Lipinski definition) is 4. The van der Waals surface area contributed by atoms with Crippen molar-refractivity contribution < 1.29 is 9.59 Å². The molecule has 1 fully saturated rings. The standard InChI is InChI=1S/C21H21N5O2/c22-20(27)16-5-3-6-17(15-16)24-11-13-25(14-12-24)21(28)18-7-1-2-8-19(18)26-10-4-9-23-26/h1-10,15H,11-14H2,(H2,22,27). The van der Waals surface area contributed by atoms with Gasteiger partial charge in [0.05, 0.1) is 11.3 Å². The molecule has 0 unspecified atom stereocenters. The lowest BCUT2D eigenvalue weighted by Crippen LogP contribution is -2.49. The number of nitrogens with two attached hydrogens (primary N) is 1. The summed E-state index contributed by atoms with van der Waals surface area (Å²) in [6, 6.07) is 16.6. The van der Waals surface area contributed by atoms with Crippen molar-refractivity contribution in [1.82, 2.24) is 14.7 Å². The first-order valence-corrected chi connectivity index (χ1v) is 9.16. The van der Waals surface area contributed by atoms with Crippen molar-refractivity contribution in [2.75, 3.05) is 31.1 Å². The van der Waals surface area contributed by atoms with Crippen LogP contribution in [-0.2, 0) is 0 Å². The summed E-state index contributed by atoms with van der Waals surface area (Å²) in [5.41, 5.74) is 8.22. The zero-order valence-electron chi connectivity index (χ0n) is 15.4. The predicted octanol–water partition coefficient (Wildman–Crippen LogP) is 1.93. The highest BCUT2D eigenvalue weighted by Crippen LogP contribution is 2.21. The summed E-state index contributed by atoms with van der Waals surface area (Å²) in [5.74, 6) is -0.442. The van der Waals surface area contributed by atoms with Crippen LogP contribution < -0.4 is 10.6 Å². The molecule has 0 atom stereocenters. The van der Waals surface area contributed by atoms with Crippen LogP contribution in [0, 0.1) is 0 Å². The highest BCUT2D eigenvalue weighted by Gasteiger charge is 2.24. The summed E-state index contributed by atoms with van der Waals surface area (Å²) in [4.78, 5) is 28.5. The molecule has 1 aliphatic rings. The van der Waals surface area contributed by atoms with E-state index in [1.807, 2.05) is 53.6 Å². The Morgan fingerprint density at radius 2 is 1.71 bits per heavy atom. The van der Waals surface area contributed by atoms with E-state index in [-0.39, 0.29) is 5.91 Å². The van der Waals surface area contributed by atoms with Crippen LogP contribution in [0.4, 0.5) is 5.69 Å². The van der Waals surface area contributed by atoms with E-state index < -0.39 is 5.91 Å². The van der Waals surface area contributed by atoms with Crippen LogP contribution in [0.15, 0.2) is 67.0 Å². The van der Waals surface area contributed by atoms with Crippen LogP contribution in [0.1, 0.15) is 20.7 Å². The molecule has 0 aliphatic carbocycles. The number of para-hydroxylation sites is 1. The van der Waals surface area contributed by atoms with E-state index in [0.717, 1.165) is 11.4 Å². The first kappa shape index (κ1) is 17.8. The Hall–Kier alpha value is -3.61. The predicted molar refractivity (Wildman–Crippen MR) is 107 cm³/mol. The summed E-state index contributed by atoms with van der Waals surface area (Å²) in [5, 5.41) is 4.25. The third-order valence-electron chi connectivity index (χ3n) is 4.95. The van der Waals surface area contributed by atoms with E-state index in [9.17, 15) is 9.59 Å². The summed E-state index contributed by atoms with van der Waals surface area (Å²) >= 11 is 0. The minimum atomic E-state index is -0.439. The molecule has 2 aromatic carbocycles. The van der Waals surface area contributed by atoms with E-state index >= 15 is 0 Å². The molecular weight excluding hydrogens is 354 g/mol. The van der Waals surface area contributed by atoms with Crippen LogP contribution in [0.2, 0.25) is 0 Å². The van der Waals surface area contributed by atoms with Gasteiger partial charge in [-0.2, -0.15) is 5.10 Å². The Balaban J connectivity index is 1.48. The lowest BCUT2D eigenvalue weighted by Gasteiger charge is -2.36. The number of carbonyl (C=O) groups is 2. The second-order valence-corrected chi connectivity index (χ2v) is 6.66. The van der Waals surface area contributed by atoms with Crippen molar-refractivity contribution in [1.29, 1.82) is 0 Å². The number of rotatable bonds is 4. The summed E-state index contributed by atoms with van der Waals surface area (Å²) in [6.45, 7) is 2.59. The Morgan fingerprint density at radius 3 is 2.43 bits per heavy atom. The lowest BCUT2D eigenvalue weighted by atomic mass is 10.1. The molecule has 142 valence electrons. The summed E-state index contributed by atoms with van der Waals surface area (Å²) < 4.78 is 1.71. The van der Waals surface area contributed by atoms with E-state index in [1.165, 1.54) is 0 Å². The smallest absolute Gasteiger partial charge is 0.256 e. The molecule has 2 amide bonds. The Kier molecular flexibility index (Phi) is 4.80. The molecule has 28 heavy (non-hydrogen) atoms. The van der Waals surface area contributed by atoms with Gasteiger partial charge in [0, 0.05) is 49.8 Å². The number of nitrogens with zero attached hydrogens (tertiary/aromatic N) is 4. The number of aromatic nitrogens is 2. The highest BCUT2D eigenvalue weighted by atomic mass is 16.2. The maximum atomic E-state index is 13.1. The molecule has 0 bridgehead atoms. The number of carbonyl (C=O) groups excluding carboxylic acids is 2. The van der Waals surface area contributed by atoms with E-state index in [1.54, 1.807) is 23.0 Å². The number of hydrogen-bond donors (Lipinski definition) is 1. The summed E-state index contributed by atoms with van der Waals surface area (Å²) in [6.07, 6.45) is 3.52. The SMILES string of the molecule is NC(=O)c1cccc(N2CCN(C(=O)c3ccccc3-n3cccn3)CC2)c1. The molecule has 4 rings (SSSR count). The Morgan fingerprint density at radius 1 is 0.929 bits per heavy atom. The number of anilines is 1. The largest absolute Gasteiger partial charge is 0.368 e. The average molecular weight is 375 g/mol. The molecule has 2 N–H and O–H groups in total. The second-order valence-electron chi connectivity index (χ2n) is 6.66. The number of primary amides is 1. The molecule has 0 saturated carbocycles. The van der Waals surface area contributed by atoms with Gasteiger partial charge in [-0.25, -0.2) is 4.68 Å². The molecule has 3 aromatic rings. The van der Waals surface area contributed by atoms with Crippen LogP contribution in [0.3, 0.4) is 0 Å². The number of benzene rings is 2. The topological polar surface area (TPSA) is 84.5 Å². The molecule has 1 aromatic heterocycles. The van der Waals surface area contributed by atoms with Gasteiger partial charge >= 0.3 is 0 Å². The fourth-order valence-corrected chi connectivity index (χ4v) is 3.46. The van der Waals surface area contributed by atoms with Crippen LogP contribution in [0.5, 0.6) is 0 Å². The minimum Gasteiger partial charge on any atom is -0.368 e. The van der Waals surface area contributed by atoms with Gasteiger partial charge in [0.25, 0.3) is 5.91 Å². The first-order valence-electron chi connectivity index (χ1n) is 9.16. The van der Waals surface area contributed by atoms with Crippen LogP contribution in [0.25, 0.3) is 5.69 Å². The van der Waals surface area contributed by atoms with Crippen molar-refractivity contribution in [2.24, 2.45) is 5.73 Å². The van der Waals surface area contributed by atoms with Gasteiger partial charge in [0.2, 0.25) is 5.91 Å². The fourth-order valence-electron chi connectivity index (χ4n) is 3.46. The molecule has 0 spiro atoms. The van der Waals surface area contributed by atoms with Crippen molar-refractivity contribution in [3.8, 4) is 5.69 Å². The van der Waals surface area contributed by atoms with Crippen LogP contribution >= 0.6 is 0 Å². The third kappa shape index (κ3) is 3.46. The maximum absolute atomic E-state index is 13.1. The molecule has 7 heteroatoms. The van der Waals surface area contributed by atoms with E-state index in [0.29, 0.717) is 37.3 Å². The molecule has 1 saturated heterocycles. The zero-order valence-corrected chi connectivity index (χ0v) is 15.4. The van der Waals surface area contributed by atoms with Gasteiger partial charge in [0.1, 0.15) is 0 Å². The van der Waals surface area contributed by atoms with Gasteiger partial charge in [-0.1, -0.05) is 18.2 Å². The molecule has 7 nitrogen and oxygen atoms in total. The van der Waals surface area contributed by atoms with Crippen LogP contribution in [-0.4, -0.2) is 52.7 Å². The van der Waals surface area contributed by atoms with Gasteiger partial charge in [-0.05, 0) is 36.4 Å². The number of amides is 2. The molecule has 1 aliphatic heterocycles. The molecule has 0 radical (unpaired) electrons. The van der Waals surface area contributed by atoms with Crippen molar-refractivity contribution >= 4 is 17.5 Å². The van der Waals surface area contributed by atoms with Gasteiger partial charge in [-0.3, -0.25) is 9.59 Å². The van der Waals surface area contributed by atoms with Gasteiger partial charge in [0.15, 0.2) is 0 Å². The number of piperazine rings is 1. The van der Waals surface area contributed by atoms with E-state index in [4.69, 9.17) is 5.73 Å². The monoisotopic (exact) mass is 375 g/mol. The molecular formula is C21H21N5O2. The fraction of sp³-hybridized carbons (Fsp3) is 0.190.